The summed E-state index contributed by atoms with van der Waals surface area (Å²) in [5, 5.41) is 30.3. The Hall–Kier alpha value is -4.30. The van der Waals surface area contributed by atoms with Gasteiger partial charge in [-0.2, -0.15) is 0 Å². The van der Waals surface area contributed by atoms with E-state index in [0.717, 1.165) is 117 Å². The molecule has 5 N–H and O–H groups in total. The van der Waals surface area contributed by atoms with E-state index in [2.05, 4.69) is 75.8 Å². The van der Waals surface area contributed by atoms with Crippen LogP contribution >= 0.6 is 0 Å². The first-order chi connectivity index (χ1) is 24.3. The second kappa shape index (κ2) is 15.3. The predicted molar refractivity (Wildman–Crippen MR) is 207 cm³/mol. The quantitative estimate of drug-likeness (QED) is 0.103. The van der Waals surface area contributed by atoms with Crippen molar-refractivity contribution in [3.63, 3.8) is 0 Å². The first kappa shape index (κ1) is 35.5. The first-order valence-corrected chi connectivity index (χ1v) is 18.5. The molecule has 0 amide bonds. The molecule has 0 saturated carbocycles. The fraction of sp³-hybridized carbons (Fsp3) is 0.395. The summed E-state index contributed by atoms with van der Waals surface area (Å²) in [6.45, 7) is 13.3. The zero-order valence-electron chi connectivity index (χ0n) is 30.6. The largest absolute Gasteiger partial charge is 0.396 e. The fourth-order valence-electron chi connectivity index (χ4n) is 8.06. The molecule has 0 spiro atoms. The lowest BCUT2D eigenvalue weighted by atomic mass is 9.91. The van der Waals surface area contributed by atoms with Gasteiger partial charge in [0.1, 0.15) is 0 Å². The number of allylic oxidation sites excluding steroid dienone is 4. The maximum absolute atomic E-state index is 10.6. The van der Waals surface area contributed by atoms with Crippen LogP contribution in [0, 0.1) is 6.92 Å². The predicted octanol–water partition coefficient (Wildman–Crippen LogP) is 9.27. The molecule has 2 aliphatic heterocycles. The van der Waals surface area contributed by atoms with Gasteiger partial charge in [-0.3, -0.25) is 0 Å². The fourth-order valence-corrected chi connectivity index (χ4v) is 8.06. The van der Waals surface area contributed by atoms with Crippen LogP contribution in [0.1, 0.15) is 117 Å². The number of hydrogen-bond acceptors (Lipinski definition) is 5. The number of H-pyrrole nitrogens is 2. The van der Waals surface area contributed by atoms with Crippen LogP contribution in [-0.4, -0.2) is 48.5 Å². The van der Waals surface area contributed by atoms with Crippen molar-refractivity contribution in [2.24, 2.45) is 0 Å². The number of benzene rings is 1. The molecule has 4 aromatic rings. The Bertz CT molecular complexity index is 2150. The van der Waals surface area contributed by atoms with E-state index in [4.69, 9.17) is 9.97 Å². The summed E-state index contributed by atoms with van der Waals surface area (Å²) in [4.78, 5) is 18.4. The molecule has 0 fully saturated rings. The molecule has 0 atom stereocenters. The van der Waals surface area contributed by atoms with Gasteiger partial charge in [0.15, 0.2) is 0 Å². The van der Waals surface area contributed by atoms with E-state index < -0.39 is 0 Å². The Morgan fingerprint density at radius 2 is 1.30 bits per heavy atom. The SMILES string of the molecule is CCC1=C(CC)c2nc1cc1nc(cc3[nH]c(cc4[nH]c(c(CC)c4CC)c2-c2ccccc2CO)c(C)c3CCCO)C(CCCO)=C1C. The van der Waals surface area contributed by atoms with Crippen molar-refractivity contribution >= 4 is 44.4 Å². The summed E-state index contributed by atoms with van der Waals surface area (Å²) in [7, 11) is 0. The van der Waals surface area contributed by atoms with Gasteiger partial charge in [0.2, 0.25) is 0 Å². The van der Waals surface area contributed by atoms with Gasteiger partial charge in [-0.1, -0.05) is 52.0 Å². The van der Waals surface area contributed by atoms with Gasteiger partial charge in [-0.25, -0.2) is 9.97 Å². The number of aliphatic hydroxyl groups is 3. The van der Waals surface area contributed by atoms with Crippen molar-refractivity contribution < 1.29 is 15.3 Å². The van der Waals surface area contributed by atoms with E-state index in [1.54, 1.807) is 0 Å². The standard InChI is InChI=1S/C43H52N4O3/c1-7-28-30(9-3)42-41(34-16-12-11-15-27(34)24-50)43-31(10-4)29(8-2)38(47-43)22-36-26(6)33(18-14-20-49)40(45-36)23-39-32(17-13-19-48)25(5)35(44-39)21-37(28)46-42/h11-12,15-16,21-23,44,46,48-50H,7-10,13-14,17-20,24H2,1-6H3. The van der Waals surface area contributed by atoms with E-state index in [0.29, 0.717) is 12.8 Å². The zero-order chi connectivity index (χ0) is 35.5. The Morgan fingerprint density at radius 3 is 1.98 bits per heavy atom. The van der Waals surface area contributed by atoms with Crippen molar-refractivity contribution in [2.75, 3.05) is 13.2 Å². The smallest absolute Gasteiger partial charge is 0.0771 e. The molecule has 50 heavy (non-hydrogen) atoms. The minimum atomic E-state index is -0.0726. The number of aryl methyl sites for hydroxylation is 4. The maximum Gasteiger partial charge on any atom is 0.0771 e. The van der Waals surface area contributed by atoms with Crippen LogP contribution in [-0.2, 0) is 25.9 Å². The molecule has 7 heteroatoms. The van der Waals surface area contributed by atoms with E-state index in [1.807, 2.05) is 18.2 Å². The summed E-state index contributed by atoms with van der Waals surface area (Å²) in [5.41, 5.74) is 20.3. The minimum absolute atomic E-state index is 0.0726. The zero-order valence-corrected chi connectivity index (χ0v) is 30.6. The number of nitrogens with one attached hydrogen (secondary N) is 2. The second-order valence-electron chi connectivity index (χ2n) is 13.4. The molecule has 0 radical (unpaired) electrons. The van der Waals surface area contributed by atoms with E-state index >= 15 is 0 Å². The van der Waals surface area contributed by atoms with E-state index in [9.17, 15) is 15.3 Å². The van der Waals surface area contributed by atoms with E-state index in [-0.39, 0.29) is 19.8 Å². The Morgan fingerprint density at radius 1 is 0.620 bits per heavy atom. The molecule has 6 rings (SSSR count). The third-order valence-electron chi connectivity index (χ3n) is 10.7. The summed E-state index contributed by atoms with van der Waals surface area (Å²) >= 11 is 0. The van der Waals surface area contributed by atoms with Crippen LogP contribution in [0.2, 0.25) is 0 Å². The van der Waals surface area contributed by atoms with Gasteiger partial charge >= 0.3 is 0 Å². The number of aromatic nitrogens is 4. The van der Waals surface area contributed by atoms with Gasteiger partial charge in [0.05, 0.1) is 34.9 Å². The molecule has 0 aliphatic carbocycles. The monoisotopic (exact) mass is 672 g/mol. The summed E-state index contributed by atoms with van der Waals surface area (Å²) in [6.07, 6.45) is 6.15. The minimum Gasteiger partial charge on any atom is -0.396 e. The Labute approximate surface area is 295 Å². The van der Waals surface area contributed by atoms with Crippen LogP contribution in [0.25, 0.3) is 55.5 Å². The van der Waals surface area contributed by atoms with Crippen molar-refractivity contribution in [3.05, 3.63) is 93.1 Å². The Kier molecular flexibility index (Phi) is 10.9. The van der Waals surface area contributed by atoms with Crippen LogP contribution in [0.15, 0.2) is 42.5 Å². The van der Waals surface area contributed by atoms with Crippen LogP contribution in [0.4, 0.5) is 0 Å². The highest BCUT2D eigenvalue weighted by molar-refractivity contribution is 6.02. The van der Waals surface area contributed by atoms with Gasteiger partial charge in [-0.15, -0.1) is 0 Å². The number of aromatic amines is 2. The normalized spacial score (nSPS) is 13.2. The molecular formula is C43H52N4O3. The highest BCUT2D eigenvalue weighted by Crippen LogP contribution is 2.44. The van der Waals surface area contributed by atoms with E-state index in [1.165, 1.54) is 27.8 Å². The van der Waals surface area contributed by atoms with Crippen LogP contribution in [0.3, 0.4) is 0 Å². The lowest BCUT2D eigenvalue weighted by Gasteiger charge is -2.13. The third kappa shape index (κ3) is 6.27. The molecule has 262 valence electrons. The van der Waals surface area contributed by atoms with Crippen molar-refractivity contribution in [1.29, 1.82) is 0 Å². The second-order valence-corrected chi connectivity index (χ2v) is 13.4. The lowest BCUT2D eigenvalue weighted by Crippen LogP contribution is -1.96. The third-order valence-corrected chi connectivity index (χ3v) is 10.7. The highest BCUT2D eigenvalue weighted by atomic mass is 16.3. The van der Waals surface area contributed by atoms with Gasteiger partial charge in [0.25, 0.3) is 0 Å². The molecular weight excluding hydrogens is 620 g/mol. The van der Waals surface area contributed by atoms with Crippen LogP contribution in [0.5, 0.6) is 0 Å². The molecule has 0 saturated heterocycles. The number of rotatable bonds is 12. The van der Waals surface area contributed by atoms with Crippen LogP contribution < -0.4 is 0 Å². The van der Waals surface area contributed by atoms with Crippen molar-refractivity contribution in [1.82, 2.24) is 19.9 Å². The lowest BCUT2D eigenvalue weighted by molar-refractivity contribution is 0.282. The molecule has 8 bridgehead atoms. The average Bonchev–Trinajstić information content (AvgIpc) is 3.83. The maximum atomic E-state index is 10.6. The molecule has 0 unspecified atom stereocenters. The van der Waals surface area contributed by atoms with Gasteiger partial charge in [0, 0.05) is 35.3 Å². The highest BCUT2D eigenvalue weighted by Gasteiger charge is 2.26. The summed E-state index contributed by atoms with van der Waals surface area (Å²) in [5.74, 6) is 0. The molecule has 2 aliphatic rings. The molecule has 5 heterocycles. The molecule has 7 nitrogen and oxygen atoms in total. The average molecular weight is 673 g/mol. The van der Waals surface area contributed by atoms with Crippen molar-refractivity contribution in [2.45, 2.75) is 99.5 Å². The number of nitrogens with zero attached hydrogens (tertiary/aromatic N) is 2. The van der Waals surface area contributed by atoms with Gasteiger partial charge < -0.3 is 25.3 Å². The molecule has 1 aromatic carbocycles. The number of fused-ring (bicyclic) bond motifs is 8. The number of hydrogen-bond donors (Lipinski definition) is 5. The van der Waals surface area contributed by atoms with Crippen molar-refractivity contribution in [3.8, 4) is 11.1 Å². The number of aliphatic hydroxyl groups excluding tert-OH is 3. The topological polar surface area (TPSA) is 118 Å². The summed E-state index contributed by atoms with van der Waals surface area (Å²) in [6, 6.07) is 14.7. The Balaban J connectivity index is 1.89. The van der Waals surface area contributed by atoms with Gasteiger partial charge in [-0.05, 0) is 139 Å². The summed E-state index contributed by atoms with van der Waals surface area (Å²) < 4.78 is 0. The first-order valence-electron chi connectivity index (χ1n) is 18.5. The molecule has 3 aromatic heterocycles.